The number of aliphatic hydroxyl groups is 1. The predicted octanol–water partition coefficient (Wildman–Crippen LogP) is 2.79. The molecule has 1 N–H and O–H groups in total. The van der Waals surface area contributed by atoms with Crippen molar-refractivity contribution in [3.05, 3.63) is 42.0 Å². The van der Waals surface area contributed by atoms with Crippen LogP contribution >= 0.6 is 0 Å². The van der Waals surface area contributed by atoms with Crippen LogP contribution in [-0.4, -0.2) is 25.4 Å². The van der Waals surface area contributed by atoms with Crippen LogP contribution in [0.25, 0.3) is 0 Å². The first-order chi connectivity index (χ1) is 8.76. The lowest BCUT2D eigenvalue weighted by Crippen LogP contribution is -1.98. The summed E-state index contributed by atoms with van der Waals surface area (Å²) in [5.41, 5.74) is 1.13. The van der Waals surface area contributed by atoms with Crippen molar-refractivity contribution in [2.24, 2.45) is 5.92 Å². The molecule has 0 aliphatic rings. The molecule has 0 saturated heterocycles. The van der Waals surface area contributed by atoms with Crippen LogP contribution in [0.1, 0.15) is 18.9 Å². The molecule has 3 nitrogen and oxygen atoms in total. The molecule has 1 aromatic rings. The van der Waals surface area contributed by atoms with Gasteiger partial charge in [0.2, 0.25) is 0 Å². The molecule has 0 bridgehead atoms. The third-order valence-corrected chi connectivity index (χ3v) is 2.66. The SMILES string of the molecule is COc1ccc(COC/C=C\C[C@@H](C)CO)cc1. The Labute approximate surface area is 109 Å². The summed E-state index contributed by atoms with van der Waals surface area (Å²) < 4.78 is 10.6. The molecule has 1 aromatic carbocycles. The quantitative estimate of drug-likeness (QED) is 0.569. The third-order valence-electron chi connectivity index (χ3n) is 2.66. The molecule has 100 valence electrons. The molecule has 0 fully saturated rings. The Morgan fingerprint density at radius 2 is 1.94 bits per heavy atom. The highest BCUT2D eigenvalue weighted by Crippen LogP contribution is 2.11. The molecule has 1 atom stereocenters. The summed E-state index contributed by atoms with van der Waals surface area (Å²) in [6, 6.07) is 7.85. The van der Waals surface area contributed by atoms with Gasteiger partial charge in [-0.15, -0.1) is 0 Å². The summed E-state index contributed by atoms with van der Waals surface area (Å²) in [6.07, 6.45) is 4.94. The highest BCUT2D eigenvalue weighted by Gasteiger charge is 1.95. The molecule has 0 spiro atoms. The van der Waals surface area contributed by atoms with Gasteiger partial charge in [0.05, 0.1) is 20.3 Å². The molecular weight excluding hydrogens is 228 g/mol. The summed E-state index contributed by atoms with van der Waals surface area (Å²) in [5.74, 6) is 1.18. The van der Waals surface area contributed by atoms with E-state index in [-0.39, 0.29) is 6.61 Å². The predicted molar refractivity (Wildman–Crippen MR) is 72.7 cm³/mol. The second-order valence-electron chi connectivity index (χ2n) is 4.36. The van der Waals surface area contributed by atoms with Crippen molar-refractivity contribution < 1.29 is 14.6 Å². The van der Waals surface area contributed by atoms with E-state index in [1.807, 2.05) is 37.3 Å². The topological polar surface area (TPSA) is 38.7 Å². The highest BCUT2D eigenvalue weighted by molar-refractivity contribution is 5.26. The maximum absolute atomic E-state index is 8.85. The van der Waals surface area contributed by atoms with Crippen LogP contribution in [0, 0.1) is 5.92 Å². The maximum atomic E-state index is 8.85. The zero-order valence-corrected chi connectivity index (χ0v) is 11.1. The van der Waals surface area contributed by atoms with E-state index in [9.17, 15) is 0 Å². The van der Waals surface area contributed by atoms with E-state index in [0.29, 0.717) is 19.1 Å². The van der Waals surface area contributed by atoms with Gasteiger partial charge in [-0.1, -0.05) is 31.2 Å². The molecular formula is C15H22O3. The van der Waals surface area contributed by atoms with Crippen molar-refractivity contribution >= 4 is 0 Å². The van der Waals surface area contributed by atoms with E-state index in [1.54, 1.807) is 7.11 Å². The van der Waals surface area contributed by atoms with Crippen LogP contribution in [0.15, 0.2) is 36.4 Å². The normalized spacial score (nSPS) is 12.8. The lowest BCUT2D eigenvalue weighted by Gasteiger charge is -2.04. The van der Waals surface area contributed by atoms with Crippen LogP contribution in [0.3, 0.4) is 0 Å². The number of methoxy groups -OCH3 is 1. The molecule has 0 aliphatic heterocycles. The highest BCUT2D eigenvalue weighted by atomic mass is 16.5. The summed E-state index contributed by atoms with van der Waals surface area (Å²) in [7, 11) is 1.66. The van der Waals surface area contributed by atoms with Crippen LogP contribution < -0.4 is 4.74 Å². The fraction of sp³-hybridized carbons (Fsp3) is 0.467. The van der Waals surface area contributed by atoms with Crippen LogP contribution in [-0.2, 0) is 11.3 Å². The molecule has 0 radical (unpaired) electrons. The minimum absolute atomic E-state index is 0.233. The standard InChI is InChI=1S/C15H22O3/c1-13(11-16)5-3-4-10-18-12-14-6-8-15(17-2)9-7-14/h3-4,6-9,13,16H,5,10-12H2,1-2H3/b4-3-/t13-/m1/s1. The molecule has 0 saturated carbocycles. The Kier molecular flexibility index (Phi) is 7.14. The minimum atomic E-state index is 0.233. The van der Waals surface area contributed by atoms with Crippen LogP contribution in [0.4, 0.5) is 0 Å². The van der Waals surface area contributed by atoms with Gasteiger partial charge in [0, 0.05) is 6.61 Å². The Hall–Kier alpha value is -1.32. The van der Waals surface area contributed by atoms with Crippen molar-refractivity contribution in [2.45, 2.75) is 20.0 Å². The minimum Gasteiger partial charge on any atom is -0.497 e. The molecule has 0 aliphatic carbocycles. The average Bonchev–Trinajstić information content (AvgIpc) is 2.43. The van der Waals surface area contributed by atoms with Gasteiger partial charge in [0.15, 0.2) is 0 Å². The van der Waals surface area contributed by atoms with Gasteiger partial charge in [-0.3, -0.25) is 0 Å². The van der Waals surface area contributed by atoms with Gasteiger partial charge in [-0.05, 0) is 30.0 Å². The van der Waals surface area contributed by atoms with Gasteiger partial charge >= 0.3 is 0 Å². The Morgan fingerprint density at radius 1 is 1.22 bits per heavy atom. The first kappa shape index (κ1) is 14.7. The Balaban J connectivity index is 2.17. The first-order valence-corrected chi connectivity index (χ1v) is 6.22. The average molecular weight is 250 g/mol. The fourth-order valence-corrected chi connectivity index (χ4v) is 1.44. The Morgan fingerprint density at radius 3 is 2.56 bits per heavy atom. The van der Waals surface area contributed by atoms with Crippen molar-refractivity contribution in [3.8, 4) is 5.75 Å². The number of rotatable bonds is 8. The zero-order valence-electron chi connectivity index (χ0n) is 11.1. The zero-order chi connectivity index (χ0) is 13.2. The van der Waals surface area contributed by atoms with Crippen molar-refractivity contribution in [2.75, 3.05) is 20.3 Å². The maximum Gasteiger partial charge on any atom is 0.118 e. The first-order valence-electron chi connectivity index (χ1n) is 6.22. The van der Waals surface area contributed by atoms with Gasteiger partial charge < -0.3 is 14.6 Å². The summed E-state index contributed by atoms with van der Waals surface area (Å²) in [5, 5.41) is 8.85. The molecule has 0 unspecified atom stereocenters. The smallest absolute Gasteiger partial charge is 0.118 e. The van der Waals surface area contributed by atoms with E-state index in [0.717, 1.165) is 17.7 Å². The molecule has 18 heavy (non-hydrogen) atoms. The molecule has 0 aromatic heterocycles. The van der Waals surface area contributed by atoms with E-state index in [2.05, 4.69) is 6.08 Å². The van der Waals surface area contributed by atoms with E-state index in [1.165, 1.54) is 0 Å². The van der Waals surface area contributed by atoms with Crippen molar-refractivity contribution in [1.29, 1.82) is 0 Å². The van der Waals surface area contributed by atoms with E-state index in [4.69, 9.17) is 14.6 Å². The summed E-state index contributed by atoms with van der Waals surface area (Å²) in [4.78, 5) is 0. The number of hydrogen-bond donors (Lipinski definition) is 1. The number of hydrogen-bond acceptors (Lipinski definition) is 3. The van der Waals surface area contributed by atoms with Crippen molar-refractivity contribution in [1.82, 2.24) is 0 Å². The summed E-state index contributed by atoms with van der Waals surface area (Å²) >= 11 is 0. The summed E-state index contributed by atoms with van der Waals surface area (Å²) in [6.45, 7) is 3.45. The Bertz CT molecular complexity index is 343. The second-order valence-corrected chi connectivity index (χ2v) is 4.36. The number of benzene rings is 1. The van der Waals surface area contributed by atoms with Gasteiger partial charge in [0.1, 0.15) is 5.75 Å². The van der Waals surface area contributed by atoms with Gasteiger partial charge in [0.25, 0.3) is 0 Å². The van der Waals surface area contributed by atoms with E-state index < -0.39 is 0 Å². The number of allylic oxidation sites excluding steroid dienone is 1. The third kappa shape index (κ3) is 5.84. The number of ether oxygens (including phenoxy) is 2. The number of aliphatic hydroxyl groups excluding tert-OH is 1. The van der Waals surface area contributed by atoms with E-state index >= 15 is 0 Å². The molecule has 0 amide bonds. The lowest BCUT2D eigenvalue weighted by molar-refractivity contribution is 0.148. The second kappa shape index (κ2) is 8.72. The molecule has 0 heterocycles. The van der Waals surface area contributed by atoms with Gasteiger partial charge in [-0.2, -0.15) is 0 Å². The van der Waals surface area contributed by atoms with Crippen LogP contribution in [0.2, 0.25) is 0 Å². The monoisotopic (exact) mass is 250 g/mol. The molecule has 1 rings (SSSR count). The van der Waals surface area contributed by atoms with Crippen LogP contribution in [0.5, 0.6) is 5.75 Å². The lowest BCUT2D eigenvalue weighted by atomic mass is 10.1. The van der Waals surface area contributed by atoms with Crippen molar-refractivity contribution in [3.63, 3.8) is 0 Å². The largest absolute Gasteiger partial charge is 0.497 e. The molecule has 3 heteroatoms. The van der Waals surface area contributed by atoms with Gasteiger partial charge in [-0.25, -0.2) is 0 Å². The fourth-order valence-electron chi connectivity index (χ4n) is 1.44.